The van der Waals surface area contributed by atoms with Gasteiger partial charge in [-0.15, -0.1) is 0 Å². The Morgan fingerprint density at radius 2 is 1.93 bits per heavy atom. The van der Waals surface area contributed by atoms with Crippen LogP contribution in [0.4, 0.5) is 29.1 Å². The Kier molecular flexibility index (Phi) is 6.47. The van der Waals surface area contributed by atoms with Crippen LogP contribution in [0.1, 0.15) is 18.5 Å². The molecular formula is C18H13Cl2F4N5O. The zero-order valence-corrected chi connectivity index (χ0v) is 16.5. The molecule has 3 rings (SSSR count). The van der Waals surface area contributed by atoms with Crippen LogP contribution in [0.5, 0.6) is 0 Å². The highest BCUT2D eigenvalue weighted by molar-refractivity contribution is 6.32. The van der Waals surface area contributed by atoms with Gasteiger partial charge in [-0.3, -0.25) is 9.89 Å². The Labute approximate surface area is 177 Å². The van der Waals surface area contributed by atoms with E-state index in [1.165, 1.54) is 12.1 Å². The molecule has 0 aliphatic heterocycles. The van der Waals surface area contributed by atoms with Crippen LogP contribution in [-0.4, -0.2) is 22.1 Å². The van der Waals surface area contributed by atoms with Crippen LogP contribution in [0.25, 0.3) is 0 Å². The standard InChI is InChI=1S/C18H13Cl2F4N5O/c19-10-3-1-2-9(4-10)16(30)27-17(25-13-6-11(20)5-12(21)7-13)26-15-8-14(28-29-15)18(22,23)24/h3-8H,1-2H2,(H3,25,26,27,28,29,30)/i1+1,2+1,3+1,4+1,9+1,10+1,17+1. The van der Waals surface area contributed by atoms with Gasteiger partial charge in [0.2, 0.25) is 5.96 Å². The van der Waals surface area contributed by atoms with Gasteiger partial charge in [-0.2, -0.15) is 23.3 Å². The van der Waals surface area contributed by atoms with E-state index < -0.39 is 23.6 Å². The number of aromatic nitrogens is 2. The molecule has 158 valence electrons. The van der Waals surface area contributed by atoms with E-state index in [0.29, 0.717) is 29.5 Å². The molecule has 1 amide bonds. The first-order chi connectivity index (χ1) is 14.1. The molecule has 0 bridgehead atoms. The van der Waals surface area contributed by atoms with Crippen molar-refractivity contribution in [2.45, 2.75) is 19.0 Å². The minimum Gasteiger partial charge on any atom is -0.325 e. The van der Waals surface area contributed by atoms with Crippen LogP contribution < -0.4 is 10.6 Å². The molecule has 1 heterocycles. The fourth-order valence-corrected chi connectivity index (χ4v) is 2.97. The first-order valence-electron chi connectivity index (χ1n) is 8.42. The summed E-state index contributed by atoms with van der Waals surface area (Å²) in [7, 11) is 0. The molecule has 1 aromatic carbocycles. The second-order valence-electron chi connectivity index (χ2n) is 6.14. The summed E-state index contributed by atoms with van der Waals surface area (Å²) < 4.78 is 52.0. The van der Waals surface area contributed by atoms with Crippen molar-refractivity contribution in [3.05, 3.63) is 63.6 Å². The van der Waals surface area contributed by atoms with Crippen molar-refractivity contribution in [2.24, 2.45) is 4.99 Å². The van der Waals surface area contributed by atoms with Crippen LogP contribution in [0.2, 0.25) is 5.02 Å². The van der Waals surface area contributed by atoms with Crippen molar-refractivity contribution in [2.75, 3.05) is 10.6 Å². The average Bonchev–Trinajstić information content (AvgIpc) is 3.09. The number of hydrogen-bond acceptors (Lipinski definition) is 2. The van der Waals surface area contributed by atoms with Crippen LogP contribution >= 0.6 is 23.2 Å². The predicted octanol–water partition coefficient (Wildman–Crippen LogP) is 5.47. The Morgan fingerprint density at radius 3 is 2.57 bits per heavy atom. The van der Waals surface area contributed by atoms with Gasteiger partial charge in [0.25, 0.3) is 5.91 Å². The zero-order valence-electron chi connectivity index (χ0n) is 14.9. The van der Waals surface area contributed by atoms with Crippen molar-refractivity contribution in [3.8, 4) is 0 Å². The predicted molar refractivity (Wildman–Crippen MR) is 106 cm³/mol. The van der Waals surface area contributed by atoms with Gasteiger partial charge < -0.3 is 10.6 Å². The number of allylic oxidation sites excluding steroid dienone is 3. The number of guanidine groups is 1. The first-order valence-corrected chi connectivity index (χ1v) is 9.18. The van der Waals surface area contributed by atoms with Gasteiger partial charge in [-0.05, 0) is 37.1 Å². The lowest BCUT2D eigenvalue weighted by molar-refractivity contribution is -0.141. The minimum absolute atomic E-state index is 0.0641. The normalized spacial score (nSPS) is 14.8. The number of rotatable bonds is 3. The Balaban J connectivity index is 1.90. The lowest BCUT2D eigenvalue weighted by Gasteiger charge is -2.12. The topological polar surface area (TPSA) is 82.2 Å². The molecule has 3 N–H and O–H groups in total. The van der Waals surface area contributed by atoms with Gasteiger partial charge in [-0.1, -0.05) is 29.3 Å². The van der Waals surface area contributed by atoms with Crippen LogP contribution in [0.3, 0.4) is 0 Å². The summed E-state index contributed by atoms with van der Waals surface area (Å²) in [6, 6.07) is 4.17. The number of aliphatic imine (C=N–C) groups is 1. The van der Waals surface area contributed by atoms with Crippen molar-refractivity contribution in [1.29, 1.82) is 0 Å². The fraction of sp³-hybridized carbons (Fsp3) is 0.167. The lowest BCUT2D eigenvalue weighted by Crippen LogP contribution is -2.24. The van der Waals surface area contributed by atoms with Crippen molar-refractivity contribution in [3.63, 3.8) is 0 Å². The number of amides is 1. The Hall–Kier alpha value is -2.85. The molecule has 0 atom stereocenters. The first kappa shape index (κ1) is 21.8. The summed E-state index contributed by atoms with van der Waals surface area (Å²) in [6.45, 7) is 0. The maximum Gasteiger partial charge on any atom is 0.432 e. The molecule has 1 aromatic heterocycles. The number of aromatic amines is 1. The third-order valence-corrected chi connectivity index (χ3v) is 4.29. The van der Waals surface area contributed by atoms with Gasteiger partial charge >= 0.3 is 6.18 Å². The van der Waals surface area contributed by atoms with Crippen molar-refractivity contribution >= 4 is 46.6 Å². The maximum atomic E-state index is 13.6. The van der Waals surface area contributed by atoms with E-state index in [-0.39, 0.29) is 22.5 Å². The molecule has 0 saturated heterocycles. The smallest absolute Gasteiger partial charge is 0.325 e. The second kappa shape index (κ2) is 8.88. The number of carbonyl (C=O) groups is 1. The number of benzene rings is 1. The molecule has 6 nitrogen and oxygen atoms in total. The molecular weight excluding hydrogens is 456 g/mol. The van der Waals surface area contributed by atoms with Crippen LogP contribution in [0.15, 0.2) is 52.0 Å². The molecule has 0 spiro atoms. The van der Waals surface area contributed by atoms with Crippen LogP contribution in [-0.2, 0) is 11.0 Å². The summed E-state index contributed by atoms with van der Waals surface area (Å²) in [6.07, 6.45) is -0.534. The largest absolute Gasteiger partial charge is 0.432 e. The van der Waals surface area contributed by atoms with Crippen LogP contribution in [0, 0.1) is 5.82 Å². The number of nitrogens with zero attached hydrogens (tertiary/aromatic N) is 2. The highest BCUT2D eigenvalue weighted by Gasteiger charge is 2.33. The van der Waals surface area contributed by atoms with E-state index in [4.69, 9.17) is 23.2 Å². The molecule has 0 saturated carbocycles. The SMILES string of the molecule is O=C(/N=[13C](/Nc1cc(F)cc(Cl)c1)Nc1cc(C(F)(F)F)[nH]n1)[13C]1=[13CH][13C](Cl)=[13CH][13CH2][13CH2]1. The molecule has 30 heavy (non-hydrogen) atoms. The number of H-pyrrole nitrogens is 1. The van der Waals surface area contributed by atoms with E-state index in [9.17, 15) is 22.4 Å². The minimum atomic E-state index is -4.64. The van der Waals surface area contributed by atoms with Gasteiger partial charge in [0.15, 0.2) is 5.82 Å². The van der Waals surface area contributed by atoms with E-state index in [0.717, 1.165) is 12.1 Å². The summed E-state index contributed by atoms with van der Waals surface area (Å²) in [5.74, 6) is -1.89. The fourth-order valence-electron chi connectivity index (χ4n) is 2.51. The molecule has 0 radical (unpaired) electrons. The number of halogens is 6. The van der Waals surface area contributed by atoms with E-state index in [1.807, 2.05) is 5.10 Å². The van der Waals surface area contributed by atoms with Gasteiger partial charge in [0.1, 0.15) is 11.5 Å². The molecule has 0 fully saturated rings. The maximum absolute atomic E-state index is 13.6. The summed E-state index contributed by atoms with van der Waals surface area (Å²) in [5, 5.41) is 10.9. The quantitative estimate of drug-likeness (QED) is 0.241. The number of anilines is 2. The third-order valence-electron chi connectivity index (χ3n) is 3.81. The number of nitrogens with one attached hydrogen (secondary N) is 3. The molecule has 1 aliphatic carbocycles. The highest BCUT2D eigenvalue weighted by atomic mass is 35.5. The average molecular weight is 469 g/mol. The highest BCUT2D eigenvalue weighted by Crippen LogP contribution is 2.29. The van der Waals surface area contributed by atoms with Gasteiger partial charge in [-0.25, -0.2) is 4.39 Å². The van der Waals surface area contributed by atoms with E-state index in [2.05, 4.69) is 20.7 Å². The van der Waals surface area contributed by atoms with E-state index >= 15 is 0 Å². The molecule has 1 aliphatic rings. The second-order valence-corrected chi connectivity index (χ2v) is 7.01. The van der Waals surface area contributed by atoms with Crippen molar-refractivity contribution in [1.82, 2.24) is 10.2 Å². The molecule has 12 heteroatoms. The van der Waals surface area contributed by atoms with Gasteiger partial charge in [0.05, 0.1) is 0 Å². The number of carbonyl (C=O) groups excluding carboxylic acids is 1. The summed E-state index contributed by atoms with van der Waals surface area (Å²) in [5.41, 5.74) is -0.684. The zero-order chi connectivity index (χ0) is 21.9. The molecule has 2 aromatic rings. The summed E-state index contributed by atoms with van der Waals surface area (Å²) >= 11 is 11.7. The molecule has 0 unspecified atom stereocenters. The number of hydrogen-bond donors (Lipinski definition) is 3. The number of alkyl halides is 3. The lowest BCUT2D eigenvalue weighted by atomic mass is 10.3. The monoisotopic (exact) mass is 468 g/mol. The summed E-state index contributed by atoms with van der Waals surface area (Å²) in [4.78, 5) is 16.4. The van der Waals surface area contributed by atoms with Gasteiger partial charge in [0, 0.05) is 27.4 Å². The Morgan fingerprint density at radius 1 is 1.17 bits per heavy atom. The Bertz CT molecular complexity index is 1040. The van der Waals surface area contributed by atoms with Crippen molar-refractivity contribution < 1.29 is 22.4 Å². The van der Waals surface area contributed by atoms with E-state index in [1.54, 1.807) is 6.08 Å². The third kappa shape index (κ3) is 5.83.